The summed E-state index contributed by atoms with van der Waals surface area (Å²) in [7, 11) is 4.23. The highest BCUT2D eigenvalue weighted by atomic mass is 16.5. The number of fused-ring (bicyclic) bond motifs is 6. The fourth-order valence-corrected chi connectivity index (χ4v) is 9.84. The molecule has 2 saturated heterocycles. The van der Waals surface area contributed by atoms with Crippen molar-refractivity contribution in [2.45, 2.75) is 76.7 Å². The fraction of sp³-hybridized carbons (Fsp3) is 0.417. The Morgan fingerprint density at radius 3 is 2.41 bits per heavy atom. The molecule has 4 N–H and O–H groups in total. The first-order chi connectivity index (χ1) is 31.0. The molecule has 1 aliphatic carbocycles. The molecule has 64 heavy (non-hydrogen) atoms. The second-order valence-corrected chi connectivity index (χ2v) is 17.4. The summed E-state index contributed by atoms with van der Waals surface area (Å²) < 4.78 is 21.7. The molecular weight excluding hydrogens is 817 g/mol. The van der Waals surface area contributed by atoms with Crippen molar-refractivity contribution in [2.24, 2.45) is 11.8 Å². The zero-order valence-corrected chi connectivity index (χ0v) is 36.7. The van der Waals surface area contributed by atoms with Gasteiger partial charge in [-0.05, 0) is 84.0 Å². The maximum Gasteiger partial charge on any atom is 0.407 e. The summed E-state index contributed by atoms with van der Waals surface area (Å²) in [5, 5.41) is 5.47. The lowest BCUT2D eigenvalue weighted by Crippen LogP contribution is -2.51. The van der Waals surface area contributed by atoms with Gasteiger partial charge < -0.3 is 49.3 Å². The average molecular weight is 871 g/mol. The zero-order valence-electron chi connectivity index (χ0n) is 36.7. The lowest BCUT2D eigenvalue weighted by Gasteiger charge is -2.30. The van der Waals surface area contributed by atoms with Gasteiger partial charge in [0.05, 0.1) is 50.5 Å². The molecule has 0 spiro atoms. The molecule has 5 aromatic rings. The second kappa shape index (κ2) is 17.8. The molecule has 4 aliphatic rings. The Balaban J connectivity index is 0.949. The number of likely N-dealkylation sites (tertiary alicyclic amines) is 2. The van der Waals surface area contributed by atoms with Crippen LogP contribution >= 0.6 is 0 Å². The number of aryl methyl sites for hydroxylation is 2. The van der Waals surface area contributed by atoms with Crippen molar-refractivity contribution < 1.29 is 38.1 Å². The molecule has 3 aromatic carbocycles. The van der Waals surface area contributed by atoms with Gasteiger partial charge in [0.2, 0.25) is 5.91 Å². The van der Waals surface area contributed by atoms with Gasteiger partial charge in [0.1, 0.15) is 36.1 Å². The molecule has 334 valence electrons. The van der Waals surface area contributed by atoms with Crippen molar-refractivity contribution in [3.8, 4) is 39.4 Å². The van der Waals surface area contributed by atoms with Crippen molar-refractivity contribution >= 4 is 24.0 Å². The summed E-state index contributed by atoms with van der Waals surface area (Å²) in [6.45, 7) is 5.71. The van der Waals surface area contributed by atoms with Crippen molar-refractivity contribution in [3.63, 3.8) is 0 Å². The van der Waals surface area contributed by atoms with Crippen LogP contribution in [-0.2, 0) is 43.2 Å². The van der Waals surface area contributed by atoms with E-state index in [0.717, 1.165) is 82.2 Å². The number of alkyl carbamates (subject to hydrolysis) is 2. The standard InChI is InChI=1S/C48H54N8O8/c1-26(2)40(53-47(59)62-4)45(57)55-17-9-12-37(55)44-50-35-16-14-29-20-34-32-15-13-30(19-31(32)25-64-39(34)21-33(29)42(35)52-44)36-22-49-43(51-36)38-18-27(24-61-3)23-56(38)46(58)41(54-48(60)63-5)28-10-7-6-8-11-28/h6-8,10-11,13,15,19-22,26-27,37-38,40-41H,9,12,14,16-18,23-25H2,1-5H3,(H,49,51)(H,50,52)(H,53,59)(H,54,60)/t27-,37-,38-,40-,41+/m0/s1. The smallest absolute Gasteiger partial charge is 0.407 e. The molecule has 5 heterocycles. The first kappa shape index (κ1) is 42.6. The minimum atomic E-state index is -0.943. The largest absolute Gasteiger partial charge is 0.488 e. The van der Waals surface area contributed by atoms with Crippen LogP contribution in [0, 0.1) is 11.8 Å². The number of nitrogens with one attached hydrogen (secondary N) is 4. The number of imidazole rings is 2. The molecule has 9 rings (SSSR count). The number of benzene rings is 3. The third kappa shape index (κ3) is 8.06. The Hall–Kier alpha value is -6.68. The van der Waals surface area contributed by atoms with Crippen LogP contribution in [0.2, 0.25) is 0 Å². The first-order valence-corrected chi connectivity index (χ1v) is 22.0. The van der Waals surface area contributed by atoms with Crippen molar-refractivity contribution in [2.75, 3.05) is 41.0 Å². The van der Waals surface area contributed by atoms with Crippen LogP contribution < -0.4 is 15.4 Å². The van der Waals surface area contributed by atoms with Gasteiger partial charge in [-0.3, -0.25) is 9.59 Å². The highest BCUT2D eigenvalue weighted by Crippen LogP contribution is 2.46. The lowest BCUT2D eigenvalue weighted by molar-refractivity contribution is -0.136. The van der Waals surface area contributed by atoms with Crippen LogP contribution in [0.15, 0.2) is 66.9 Å². The predicted octanol–water partition coefficient (Wildman–Crippen LogP) is 6.80. The van der Waals surface area contributed by atoms with Crippen LogP contribution in [0.25, 0.3) is 33.6 Å². The highest BCUT2D eigenvalue weighted by Gasteiger charge is 2.42. The van der Waals surface area contributed by atoms with Crippen LogP contribution in [-0.4, -0.2) is 101 Å². The predicted molar refractivity (Wildman–Crippen MR) is 236 cm³/mol. The molecule has 4 amide bonds. The highest BCUT2D eigenvalue weighted by molar-refractivity contribution is 5.88. The minimum absolute atomic E-state index is 0.0737. The third-order valence-electron chi connectivity index (χ3n) is 13.0. The topological polar surface area (TPSA) is 193 Å². The SMILES string of the molecule is COC[C@H]1C[C@@H](c2ncc(-c3ccc4c(c3)COc3cc5c(cc3-4)CCc3[nH]c([C@@H]4CCCN4C(=O)[C@@H](NC(=O)OC)C(C)C)nc3-5)[nH]2)N(C(=O)[C@H](NC(=O)OC)c2ccccc2)C1. The van der Waals surface area contributed by atoms with E-state index >= 15 is 0 Å². The number of carbonyl (C=O) groups is 4. The molecule has 3 aliphatic heterocycles. The number of nitrogens with zero attached hydrogens (tertiary/aromatic N) is 4. The molecule has 2 fully saturated rings. The molecule has 0 radical (unpaired) electrons. The number of rotatable bonds is 11. The van der Waals surface area contributed by atoms with Gasteiger partial charge in [0.15, 0.2) is 0 Å². The molecule has 0 bridgehead atoms. The molecule has 16 nitrogen and oxygen atoms in total. The second-order valence-electron chi connectivity index (χ2n) is 17.4. The van der Waals surface area contributed by atoms with E-state index in [4.69, 9.17) is 28.9 Å². The third-order valence-corrected chi connectivity index (χ3v) is 13.0. The summed E-state index contributed by atoms with van der Waals surface area (Å²) in [6, 6.07) is 17.6. The lowest BCUT2D eigenvalue weighted by atomic mass is 9.86. The number of methoxy groups -OCH3 is 3. The van der Waals surface area contributed by atoms with Crippen molar-refractivity contribution in [1.82, 2.24) is 40.4 Å². The van der Waals surface area contributed by atoms with E-state index in [2.05, 4.69) is 50.9 Å². The zero-order chi connectivity index (χ0) is 44.6. The van der Waals surface area contributed by atoms with Gasteiger partial charge in [-0.25, -0.2) is 19.6 Å². The van der Waals surface area contributed by atoms with E-state index < -0.39 is 24.3 Å². The van der Waals surface area contributed by atoms with Gasteiger partial charge >= 0.3 is 12.2 Å². The van der Waals surface area contributed by atoms with Crippen molar-refractivity contribution in [1.29, 1.82) is 0 Å². The fourth-order valence-electron chi connectivity index (χ4n) is 9.84. The Bertz CT molecular complexity index is 2570. The Labute approximate surface area is 371 Å². The monoisotopic (exact) mass is 870 g/mol. The molecular formula is C48H54N8O8. The maximum atomic E-state index is 14.3. The van der Waals surface area contributed by atoms with Crippen LogP contribution in [0.5, 0.6) is 5.75 Å². The number of aromatic amines is 2. The summed E-state index contributed by atoms with van der Waals surface area (Å²) in [6.07, 6.45) is 4.35. The number of ether oxygens (including phenoxy) is 4. The van der Waals surface area contributed by atoms with Gasteiger partial charge in [0.25, 0.3) is 5.91 Å². The summed E-state index contributed by atoms with van der Waals surface area (Å²) in [4.78, 5) is 73.3. The van der Waals surface area contributed by atoms with Gasteiger partial charge in [-0.15, -0.1) is 0 Å². The Morgan fingerprint density at radius 1 is 0.844 bits per heavy atom. The quantitative estimate of drug-likeness (QED) is 0.110. The molecule has 2 aromatic heterocycles. The molecule has 5 atom stereocenters. The van der Waals surface area contributed by atoms with E-state index in [-0.39, 0.29) is 35.7 Å². The normalized spacial score (nSPS) is 19.4. The van der Waals surface area contributed by atoms with Crippen LogP contribution in [0.3, 0.4) is 0 Å². The number of carbonyl (C=O) groups excluding carboxylic acids is 4. The molecule has 0 unspecified atom stereocenters. The number of hydrogen-bond donors (Lipinski definition) is 4. The minimum Gasteiger partial charge on any atom is -0.488 e. The molecule has 16 heteroatoms. The molecule has 0 saturated carbocycles. The number of amides is 4. The van der Waals surface area contributed by atoms with E-state index in [1.54, 1.807) is 18.2 Å². The van der Waals surface area contributed by atoms with Gasteiger partial charge in [-0.1, -0.05) is 56.3 Å². The van der Waals surface area contributed by atoms with E-state index in [9.17, 15) is 19.2 Å². The maximum absolute atomic E-state index is 14.3. The summed E-state index contributed by atoms with van der Waals surface area (Å²) in [5.41, 5.74) is 9.72. The van der Waals surface area contributed by atoms with Crippen LogP contribution in [0.1, 0.15) is 85.3 Å². The van der Waals surface area contributed by atoms with E-state index in [1.165, 1.54) is 19.8 Å². The van der Waals surface area contributed by atoms with E-state index in [1.807, 2.05) is 49.1 Å². The van der Waals surface area contributed by atoms with Gasteiger partial charge in [0, 0.05) is 42.9 Å². The van der Waals surface area contributed by atoms with Crippen molar-refractivity contribution in [3.05, 3.63) is 101 Å². The average Bonchev–Trinajstić information content (AvgIpc) is 4.15. The first-order valence-electron chi connectivity index (χ1n) is 22.0. The Kier molecular flexibility index (Phi) is 11.9. The Morgan fingerprint density at radius 2 is 1.64 bits per heavy atom. The van der Waals surface area contributed by atoms with Crippen LogP contribution in [0.4, 0.5) is 9.59 Å². The summed E-state index contributed by atoms with van der Waals surface area (Å²) in [5.74, 6) is 1.77. The van der Waals surface area contributed by atoms with Gasteiger partial charge in [-0.2, -0.15) is 0 Å². The summed E-state index contributed by atoms with van der Waals surface area (Å²) >= 11 is 0. The number of hydrogen-bond acceptors (Lipinski definition) is 10. The number of aromatic nitrogens is 4. The van der Waals surface area contributed by atoms with E-state index in [0.29, 0.717) is 44.1 Å². The number of H-pyrrole nitrogens is 2.